The zero-order valence-electron chi connectivity index (χ0n) is 39.4. The molecule has 16 nitrogen and oxygen atoms in total. The number of carbonyl (C=O) groups excluding carboxylic acids is 4. The van der Waals surface area contributed by atoms with Crippen LogP contribution in [0.25, 0.3) is 56.1 Å². The fraction of sp³-hybridized carbons (Fsp3) is 0.314. The molecule has 2 saturated heterocycles. The van der Waals surface area contributed by atoms with Crippen molar-refractivity contribution in [2.45, 2.75) is 63.7 Å². The van der Waals surface area contributed by atoms with Crippen LogP contribution in [0.2, 0.25) is 0 Å². The van der Waals surface area contributed by atoms with Gasteiger partial charge >= 0.3 is 12.2 Å². The first-order valence-electron chi connectivity index (χ1n) is 22.6. The van der Waals surface area contributed by atoms with E-state index in [-0.39, 0.29) is 67.0 Å². The molecule has 19 heteroatoms. The molecule has 4 amide bonds. The number of fused-ring (bicyclic) bond motifs is 1. The Bertz CT molecular complexity index is 2930. The number of alkyl carbamates (subject to hydrolysis) is 2. The van der Waals surface area contributed by atoms with Crippen LogP contribution in [0.5, 0.6) is 0 Å². The predicted molar refractivity (Wildman–Crippen MR) is 275 cm³/mol. The molecule has 0 bridgehead atoms. The van der Waals surface area contributed by atoms with Crippen LogP contribution in [-0.4, -0.2) is 96.6 Å². The number of likely N-dealkylation sites (tertiary alicyclic amines) is 2. The lowest BCUT2D eigenvalue weighted by Gasteiger charge is -2.30. The molecule has 0 spiro atoms. The van der Waals surface area contributed by atoms with Crippen LogP contribution in [-0.2, 0) is 26.1 Å². The summed E-state index contributed by atoms with van der Waals surface area (Å²) in [7, 11) is 4.60. The van der Waals surface area contributed by atoms with Crippen LogP contribution < -0.4 is 10.6 Å². The maximum absolute atomic E-state index is 14.1. The Labute approximate surface area is 424 Å². The van der Waals surface area contributed by atoms with E-state index in [4.69, 9.17) is 24.4 Å². The van der Waals surface area contributed by atoms with Crippen molar-refractivity contribution in [3.63, 3.8) is 0 Å². The standard InChI is InChI=1S/C51H54N10O6.3ClH/c1-30(2)41(57-50(64)66-4)48(62)60-26-12-19-40(60)46-53-29-38(55-46)36-25-24-35(44-43(36)56-47(59(44)3)34-16-10-7-11-17-34)31-20-22-32(23-21-31)37-28-52-45(54-37)39-18-13-27-61(39)49(63)42(58-51(65)67-5)33-14-8-6-9-15-33;;;/h6-11,14-17,20-25,28-30,39-42H,12-13,18-19,26-27H2,1-5H3,(H,52,54)(H,53,55)(H,57,64)(H,58,65);3*1H/t39-,40-,41-,42+;;;/m0.../s1. The largest absolute Gasteiger partial charge is 0.453 e. The Morgan fingerprint density at radius 1 is 0.643 bits per heavy atom. The third kappa shape index (κ3) is 10.3. The van der Waals surface area contributed by atoms with Crippen molar-refractivity contribution in [1.82, 2.24) is 49.9 Å². The van der Waals surface area contributed by atoms with Gasteiger partial charge in [0.2, 0.25) is 5.91 Å². The highest BCUT2D eigenvalue weighted by Crippen LogP contribution is 2.40. The summed E-state index contributed by atoms with van der Waals surface area (Å²) in [6.45, 7) is 4.89. The van der Waals surface area contributed by atoms with Crippen LogP contribution in [0.4, 0.5) is 9.59 Å². The summed E-state index contributed by atoms with van der Waals surface area (Å²) in [5.74, 6) is 1.63. The van der Waals surface area contributed by atoms with E-state index in [1.165, 1.54) is 14.2 Å². The highest BCUT2D eigenvalue weighted by Gasteiger charge is 2.39. The Hall–Kier alpha value is -6.88. The average molecular weight is 1010 g/mol. The second kappa shape index (κ2) is 22.7. The van der Waals surface area contributed by atoms with E-state index in [1.807, 2.05) is 80.5 Å². The number of hydrogen-bond donors (Lipinski definition) is 4. The molecule has 70 heavy (non-hydrogen) atoms. The third-order valence-corrected chi connectivity index (χ3v) is 13.0. The molecule has 2 aliphatic rings. The number of rotatable bonds is 12. The van der Waals surface area contributed by atoms with Crippen LogP contribution in [0.3, 0.4) is 0 Å². The first-order valence-corrected chi connectivity index (χ1v) is 22.6. The number of imidazole rings is 3. The van der Waals surface area contributed by atoms with Crippen molar-refractivity contribution >= 4 is 72.3 Å². The van der Waals surface area contributed by atoms with Crippen molar-refractivity contribution < 1.29 is 28.7 Å². The second-order valence-electron chi connectivity index (χ2n) is 17.4. The zero-order chi connectivity index (χ0) is 46.8. The van der Waals surface area contributed by atoms with Crippen LogP contribution >= 0.6 is 37.2 Å². The van der Waals surface area contributed by atoms with E-state index in [0.29, 0.717) is 30.3 Å². The normalized spacial score (nSPS) is 16.1. The van der Waals surface area contributed by atoms with Crippen LogP contribution in [0.15, 0.2) is 109 Å². The van der Waals surface area contributed by atoms with Gasteiger partial charge in [-0.1, -0.05) is 105 Å². The fourth-order valence-electron chi connectivity index (χ4n) is 9.52. The Morgan fingerprint density at radius 2 is 1.17 bits per heavy atom. The number of H-pyrrole nitrogens is 2. The lowest BCUT2D eigenvalue weighted by atomic mass is 9.99. The number of nitrogens with one attached hydrogen (secondary N) is 4. The van der Waals surface area contributed by atoms with Gasteiger partial charge in [-0.05, 0) is 54.4 Å². The van der Waals surface area contributed by atoms with E-state index in [1.54, 1.807) is 11.1 Å². The van der Waals surface area contributed by atoms with E-state index in [0.717, 1.165) is 81.7 Å². The maximum atomic E-state index is 14.1. The molecule has 0 radical (unpaired) electrons. The van der Waals surface area contributed by atoms with Gasteiger partial charge in [0.25, 0.3) is 5.91 Å². The molecule has 2 fully saturated rings. The molecule has 4 aromatic carbocycles. The summed E-state index contributed by atoms with van der Waals surface area (Å²) < 4.78 is 11.8. The molecule has 4 N–H and O–H groups in total. The monoisotopic (exact) mass is 1010 g/mol. The zero-order valence-corrected chi connectivity index (χ0v) is 41.8. The van der Waals surface area contributed by atoms with Crippen LogP contribution in [0.1, 0.15) is 74.9 Å². The first-order chi connectivity index (χ1) is 32.5. The molecule has 4 atom stereocenters. The van der Waals surface area contributed by atoms with Gasteiger partial charge in [0.15, 0.2) is 0 Å². The van der Waals surface area contributed by atoms with Crippen molar-refractivity contribution in [1.29, 1.82) is 0 Å². The topological polar surface area (TPSA) is 192 Å². The minimum absolute atomic E-state index is 0. The molecule has 0 aliphatic carbocycles. The van der Waals surface area contributed by atoms with Crippen molar-refractivity contribution in [2.75, 3.05) is 27.3 Å². The van der Waals surface area contributed by atoms with Gasteiger partial charge < -0.3 is 44.4 Å². The number of hydrogen-bond acceptors (Lipinski definition) is 9. The lowest BCUT2D eigenvalue weighted by molar-refractivity contribution is -0.135. The number of halogens is 3. The second-order valence-corrected chi connectivity index (χ2v) is 17.4. The van der Waals surface area contributed by atoms with E-state index in [2.05, 4.69) is 73.7 Å². The van der Waals surface area contributed by atoms with Gasteiger partial charge in [0, 0.05) is 36.8 Å². The quantitative estimate of drug-likeness (QED) is 0.0923. The summed E-state index contributed by atoms with van der Waals surface area (Å²) in [6, 6.07) is 29.5. The maximum Gasteiger partial charge on any atom is 0.407 e. The summed E-state index contributed by atoms with van der Waals surface area (Å²) in [6.07, 6.45) is 5.36. The number of ether oxygens (including phenoxy) is 2. The van der Waals surface area contributed by atoms with Gasteiger partial charge in [-0.25, -0.2) is 24.5 Å². The average Bonchev–Trinajstić information content (AvgIpc) is 4.23. The highest BCUT2D eigenvalue weighted by molar-refractivity contribution is 6.02. The number of aromatic amines is 2. The Morgan fingerprint density at radius 3 is 1.77 bits per heavy atom. The number of methoxy groups -OCH3 is 2. The molecular formula is C51H57Cl3N10O6. The van der Waals surface area contributed by atoms with Crippen molar-refractivity contribution in [3.8, 4) is 45.0 Å². The number of amides is 4. The van der Waals surface area contributed by atoms with Crippen molar-refractivity contribution in [2.24, 2.45) is 13.0 Å². The molecule has 368 valence electrons. The molecule has 3 aromatic heterocycles. The minimum Gasteiger partial charge on any atom is -0.453 e. The predicted octanol–water partition coefficient (Wildman–Crippen LogP) is 9.76. The van der Waals surface area contributed by atoms with Gasteiger partial charge in [-0.2, -0.15) is 0 Å². The molecule has 5 heterocycles. The number of aryl methyl sites for hydroxylation is 1. The van der Waals surface area contributed by atoms with Gasteiger partial charge in [-0.3, -0.25) is 9.59 Å². The van der Waals surface area contributed by atoms with E-state index >= 15 is 0 Å². The van der Waals surface area contributed by atoms with Gasteiger partial charge in [0.05, 0.1) is 61.1 Å². The minimum atomic E-state index is -0.904. The van der Waals surface area contributed by atoms with Gasteiger partial charge in [-0.15, -0.1) is 37.2 Å². The Kier molecular flexibility index (Phi) is 17.0. The molecule has 9 rings (SSSR count). The van der Waals surface area contributed by atoms with Crippen LogP contribution in [0, 0.1) is 5.92 Å². The number of carbonyl (C=O) groups is 4. The van der Waals surface area contributed by atoms with Crippen molar-refractivity contribution in [3.05, 3.63) is 127 Å². The summed E-state index contributed by atoms with van der Waals surface area (Å²) in [4.78, 5) is 78.0. The van der Waals surface area contributed by atoms with E-state index < -0.39 is 24.3 Å². The molecule has 0 saturated carbocycles. The van der Waals surface area contributed by atoms with Gasteiger partial charge in [0.1, 0.15) is 29.6 Å². The highest BCUT2D eigenvalue weighted by atomic mass is 35.5. The number of benzene rings is 4. The summed E-state index contributed by atoms with van der Waals surface area (Å²) in [5.41, 5.74) is 8.77. The number of nitrogens with zero attached hydrogens (tertiary/aromatic N) is 6. The SMILES string of the molecule is COC(=O)N[C@H](C(=O)N1CCC[C@H]1c1ncc(-c2ccc(-c3ccc(-c4cnc([C@@H]5CCCN5C(=O)[C@H](NC(=O)OC)c5ccccc5)[nH]4)cc3)c3c2nc(-c2ccccc2)n3C)[nH]1)C(C)C.Cl.Cl.Cl. The molecular weight excluding hydrogens is 955 g/mol. The summed E-state index contributed by atoms with van der Waals surface area (Å²) >= 11 is 0. The molecule has 0 unspecified atom stereocenters. The smallest absolute Gasteiger partial charge is 0.407 e. The fourth-order valence-corrected chi connectivity index (χ4v) is 9.52. The lowest BCUT2D eigenvalue weighted by Crippen LogP contribution is -2.51. The molecule has 7 aromatic rings. The Balaban J connectivity index is 0.00000268. The molecule has 2 aliphatic heterocycles. The third-order valence-electron chi connectivity index (χ3n) is 13.0. The van der Waals surface area contributed by atoms with E-state index in [9.17, 15) is 19.2 Å². The summed E-state index contributed by atoms with van der Waals surface area (Å²) in [5, 5.41) is 5.45. The number of aromatic nitrogens is 6. The first kappa shape index (κ1) is 52.5.